The second-order valence-electron chi connectivity index (χ2n) is 5.66. The van der Waals surface area contributed by atoms with Crippen LogP contribution in [0.1, 0.15) is 24.9 Å². The van der Waals surface area contributed by atoms with Gasteiger partial charge in [0.1, 0.15) is 5.82 Å². The highest BCUT2D eigenvalue weighted by Crippen LogP contribution is 2.29. The van der Waals surface area contributed by atoms with Crippen LogP contribution in [-0.2, 0) is 0 Å². The number of aliphatic hydroxyl groups excluding tert-OH is 1. The van der Waals surface area contributed by atoms with E-state index in [0.717, 1.165) is 24.3 Å². The minimum Gasteiger partial charge on any atom is -0.391 e. The number of hydrogen-bond donors (Lipinski definition) is 2. The number of nitrogens with zero attached hydrogens (tertiary/aromatic N) is 3. The fraction of sp³-hybridized carbons (Fsp3) is 0.643. The molecule has 106 valence electrons. The Kier molecular flexibility index (Phi) is 4.39. The predicted molar refractivity (Wildman–Crippen MR) is 77.2 cm³/mol. The van der Waals surface area contributed by atoms with Crippen molar-refractivity contribution in [1.29, 1.82) is 0 Å². The van der Waals surface area contributed by atoms with Crippen molar-refractivity contribution in [1.82, 2.24) is 9.88 Å². The normalized spacial score (nSPS) is 25.1. The maximum Gasteiger partial charge on any atom is 0.133 e. The number of β-amino-alcohol motifs (C(OH)–C–C–N with tert-alkyl or cyclic N) is 1. The van der Waals surface area contributed by atoms with Gasteiger partial charge >= 0.3 is 0 Å². The fourth-order valence-corrected chi connectivity index (χ4v) is 2.75. The molecule has 1 aromatic rings. The first-order valence-corrected chi connectivity index (χ1v) is 6.79. The fourth-order valence-electron chi connectivity index (χ4n) is 2.75. The molecule has 2 rings (SSSR count). The number of likely N-dealkylation sites (N-methyl/N-ethyl adjacent to an activating group) is 1. The summed E-state index contributed by atoms with van der Waals surface area (Å²) in [7, 11) is 4.10. The van der Waals surface area contributed by atoms with E-state index in [9.17, 15) is 5.11 Å². The summed E-state index contributed by atoms with van der Waals surface area (Å²) in [4.78, 5) is 8.83. The van der Waals surface area contributed by atoms with Gasteiger partial charge in [-0.1, -0.05) is 6.07 Å². The average molecular weight is 264 g/mol. The molecule has 5 nitrogen and oxygen atoms in total. The molecule has 0 radical (unpaired) electrons. The smallest absolute Gasteiger partial charge is 0.133 e. The number of rotatable bonds is 4. The zero-order valence-electron chi connectivity index (χ0n) is 12.0. The van der Waals surface area contributed by atoms with E-state index in [1.165, 1.54) is 0 Å². The molecular weight excluding hydrogens is 240 g/mol. The molecule has 0 aromatic carbocycles. The Morgan fingerprint density at radius 3 is 2.95 bits per heavy atom. The third-order valence-electron chi connectivity index (χ3n) is 3.55. The van der Waals surface area contributed by atoms with Gasteiger partial charge in [0, 0.05) is 36.9 Å². The Bertz CT molecular complexity index is 422. The number of nitrogens with two attached hydrogens (primary N) is 1. The summed E-state index contributed by atoms with van der Waals surface area (Å²) in [6.45, 7) is 3.51. The van der Waals surface area contributed by atoms with Crippen molar-refractivity contribution in [2.45, 2.75) is 31.5 Å². The molecule has 2 heterocycles. The number of anilines is 1. The summed E-state index contributed by atoms with van der Waals surface area (Å²) in [5, 5.41) is 9.95. The topological polar surface area (TPSA) is 65.6 Å². The van der Waals surface area contributed by atoms with E-state index in [2.05, 4.69) is 14.8 Å². The third-order valence-corrected chi connectivity index (χ3v) is 3.55. The van der Waals surface area contributed by atoms with Crippen molar-refractivity contribution in [3.8, 4) is 0 Å². The Balaban J connectivity index is 2.28. The van der Waals surface area contributed by atoms with Crippen molar-refractivity contribution in [3.63, 3.8) is 0 Å². The molecule has 3 atom stereocenters. The van der Waals surface area contributed by atoms with Crippen LogP contribution in [0.3, 0.4) is 0 Å². The van der Waals surface area contributed by atoms with Gasteiger partial charge in [-0.2, -0.15) is 0 Å². The van der Waals surface area contributed by atoms with Crippen LogP contribution in [0, 0.1) is 0 Å². The molecular formula is C14H24N4O. The Hall–Kier alpha value is -1.17. The van der Waals surface area contributed by atoms with Gasteiger partial charge in [-0.25, -0.2) is 4.98 Å². The molecule has 1 fully saturated rings. The summed E-state index contributed by atoms with van der Waals surface area (Å²) >= 11 is 0. The van der Waals surface area contributed by atoms with E-state index in [4.69, 9.17) is 5.73 Å². The van der Waals surface area contributed by atoms with E-state index in [1.807, 2.05) is 33.2 Å². The van der Waals surface area contributed by atoms with Crippen LogP contribution in [0.15, 0.2) is 18.3 Å². The third kappa shape index (κ3) is 3.23. The number of aromatic nitrogens is 1. The summed E-state index contributed by atoms with van der Waals surface area (Å²) < 4.78 is 0. The minimum atomic E-state index is -0.284. The number of pyridine rings is 1. The first-order valence-electron chi connectivity index (χ1n) is 6.79. The largest absolute Gasteiger partial charge is 0.391 e. The van der Waals surface area contributed by atoms with E-state index in [0.29, 0.717) is 6.54 Å². The first-order chi connectivity index (χ1) is 8.99. The van der Waals surface area contributed by atoms with Gasteiger partial charge in [0.15, 0.2) is 0 Å². The van der Waals surface area contributed by atoms with Crippen molar-refractivity contribution in [2.75, 3.05) is 32.1 Å². The SMILES string of the molecule is CC(N)c1cccnc1N1CC(O)CC1CN(C)C. The van der Waals surface area contributed by atoms with Crippen molar-refractivity contribution >= 4 is 5.82 Å². The van der Waals surface area contributed by atoms with Crippen molar-refractivity contribution < 1.29 is 5.11 Å². The van der Waals surface area contributed by atoms with Crippen LogP contribution in [0.25, 0.3) is 0 Å². The minimum absolute atomic E-state index is 0.0542. The predicted octanol–water partition coefficient (Wildman–Crippen LogP) is 0.602. The van der Waals surface area contributed by atoms with Gasteiger partial charge < -0.3 is 20.6 Å². The van der Waals surface area contributed by atoms with E-state index < -0.39 is 0 Å². The van der Waals surface area contributed by atoms with Gasteiger partial charge in [-0.15, -0.1) is 0 Å². The lowest BCUT2D eigenvalue weighted by molar-refractivity contribution is 0.191. The Labute approximate surface area is 115 Å². The molecule has 0 spiro atoms. The van der Waals surface area contributed by atoms with Gasteiger partial charge in [0.2, 0.25) is 0 Å². The summed E-state index contributed by atoms with van der Waals surface area (Å²) in [6, 6.07) is 4.17. The molecule has 3 unspecified atom stereocenters. The van der Waals surface area contributed by atoms with Gasteiger partial charge in [-0.05, 0) is 33.5 Å². The van der Waals surface area contributed by atoms with Crippen molar-refractivity contribution in [3.05, 3.63) is 23.9 Å². The van der Waals surface area contributed by atoms with E-state index in [1.54, 1.807) is 6.20 Å². The zero-order valence-corrected chi connectivity index (χ0v) is 12.0. The Morgan fingerprint density at radius 1 is 1.58 bits per heavy atom. The molecule has 3 N–H and O–H groups in total. The zero-order chi connectivity index (χ0) is 14.0. The van der Waals surface area contributed by atoms with Gasteiger partial charge in [0.05, 0.1) is 6.10 Å². The quantitative estimate of drug-likeness (QED) is 0.834. The maximum absolute atomic E-state index is 9.95. The lowest BCUT2D eigenvalue weighted by Crippen LogP contribution is -2.38. The lowest BCUT2D eigenvalue weighted by Gasteiger charge is -2.30. The summed E-state index contributed by atoms with van der Waals surface area (Å²) in [6.07, 6.45) is 2.29. The van der Waals surface area contributed by atoms with Crippen LogP contribution in [0.2, 0.25) is 0 Å². The van der Waals surface area contributed by atoms with Gasteiger partial charge in [0.25, 0.3) is 0 Å². The van der Waals surface area contributed by atoms with Crippen LogP contribution in [0.4, 0.5) is 5.82 Å². The second kappa shape index (κ2) is 5.86. The molecule has 1 aromatic heterocycles. The molecule has 1 aliphatic heterocycles. The highest BCUT2D eigenvalue weighted by Gasteiger charge is 2.33. The molecule has 0 aliphatic carbocycles. The van der Waals surface area contributed by atoms with Crippen LogP contribution in [-0.4, -0.2) is 54.3 Å². The maximum atomic E-state index is 9.95. The van der Waals surface area contributed by atoms with Crippen LogP contribution < -0.4 is 10.6 Å². The lowest BCUT2D eigenvalue weighted by atomic mass is 10.1. The summed E-state index contributed by atoms with van der Waals surface area (Å²) in [5.41, 5.74) is 7.07. The monoisotopic (exact) mass is 264 g/mol. The second-order valence-corrected chi connectivity index (χ2v) is 5.66. The molecule has 0 amide bonds. The van der Waals surface area contributed by atoms with Gasteiger partial charge in [-0.3, -0.25) is 0 Å². The summed E-state index contributed by atoms with van der Waals surface area (Å²) in [5.74, 6) is 0.918. The number of hydrogen-bond acceptors (Lipinski definition) is 5. The Morgan fingerprint density at radius 2 is 2.32 bits per heavy atom. The molecule has 0 saturated carbocycles. The standard InChI is InChI=1S/C14H24N4O/c1-10(15)13-5-4-6-16-14(13)18-9-12(19)7-11(18)8-17(2)3/h4-6,10-12,19H,7-9,15H2,1-3H3. The molecule has 1 saturated heterocycles. The number of aliphatic hydroxyl groups is 1. The van der Waals surface area contributed by atoms with Crippen LogP contribution >= 0.6 is 0 Å². The molecule has 19 heavy (non-hydrogen) atoms. The first kappa shape index (κ1) is 14.2. The van der Waals surface area contributed by atoms with E-state index in [-0.39, 0.29) is 18.2 Å². The molecule has 5 heteroatoms. The highest BCUT2D eigenvalue weighted by atomic mass is 16.3. The molecule has 0 bridgehead atoms. The average Bonchev–Trinajstić information content (AvgIpc) is 2.69. The van der Waals surface area contributed by atoms with Crippen LogP contribution in [0.5, 0.6) is 0 Å². The van der Waals surface area contributed by atoms with Crippen molar-refractivity contribution in [2.24, 2.45) is 5.73 Å². The highest BCUT2D eigenvalue weighted by molar-refractivity contribution is 5.50. The molecule has 1 aliphatic rings. The van der Waals surface area contributed by atoms with E-state index >= 15 is 0 Å².